The van der Waals surface area contributed by atoms with Crippen LogP contribution >= 0.6 is 0 Å². The van der Waals surface area contributed by atoms with Gasteiger partial charge in [0.1, 0.15) is 0 Å². The molecular weight excluding hydrogens is 321 g/mol. The van der Waals surface area contributed by atoms with Gasteiger partial charge in [0.2, 0.25) is 0 Å². The van der Waals surface area contributed by atoms with Gasteiger partial charge in [-0.2, -0.15) is 0 Å². The molecule has 2 heteroatoms. The predicted molar refractivity (Wildman–Crippen MR) is 64.9 cm³/mol. The Labute approximate surface area is 114 Å². The minimum absolute atomic E-state index is 0.344. The molecule has 1 saturated heterocycles. The van der Waals surface area contributed by atoms with Crippen LogP contribution in [0.1, 0.15) is 27.7 Å². The molecule has 0 spiro atoms. The molecule has 2 bridgehead atoms. The Morgan fingerprint density at radius 3 is 2.47 bits per heavy atom. The fourth-order valence-electron chi connectivity index (χ4n) is 7.70. The summed E-state index contributed by atoms with van der Waals surface area (Å²) < 4.78 is 2.17. The summed E-state index contributed by atoms with van der Waals surface area (Å²) in [6, 6.07) is 0. The predicted octanol–water partition coefficient (Wildman–Crippen LogP) is -0.547. The number of aliphatic imine (C=N–C) groups is 1. The van der Waals surface area contributed by atoms with Gasteiger partial charge >= 0.3 is 114 Å². The first-order valence-corrected chi connectivity index (χ1v) is 9.55. The van der Waals surface area contributed by atoms with Crippen molar-refractivity contribution in [2.75, 3.05) is 0 Å². The van der Waals surface area contributed by atoms with Crippen molar-refractivity contribution in [3.05, 3.63) is 0 Å². The molecule has 0 aromatic carbocycles. The van der Waals surface area contributed by atoms with Gasteiger partial charge in [-0.05, 0) is 0 Å². The Kier molecular flexibility index (Phi) is 1.36. The van der Waals surface area contributed by atoms with Crippen molar-refractivity contribution in [1.29, 1.82) is 0 Å². The summed E-state index contributed by atoms with van der Waals surface area (Å²) in [6.45, 7) is 14.4. The van der Waals surface area contributed by atoms with Crippen molar-refractivity contribution in [3.8, 4) is 0 Å². The van der Waals surface area contributed by atoms with E-state index in [9.17, 15) is 0 Å². The van der Waals surface area contributed by atoms with E-state index >= 15 is 0 Å². The second-order valence-corrected chi connectivity index (χ2v) is 11.2. The first kappa shape index (κ1) is 10.2. The van der Waals surface area contributed by atoms with Gasteiger partial charge in [0.15, 0.2) is 0 Å². The molecular formula is C15H21IN-. The molecule has 0 aromatic rings. The van der Waals surface area contributed by atoms with E-state index in [1.165, 1.54) is 0 Å². The third kappa shape index (κ3) is 0.568. The Balaban J connectivity index is 1.86. The topological polar surface area (TPSA) is 12.4 Å². The molecule has 17 heavy (non-hydrogen) atoms. The van der Waals surface area contributed by atoms with Crippen LogP contribution in [0.5, 0.6) is 0 Å². The molecule has 10 atom stereocenters. The Morgan fingerprint density at radius 1 is 1.12 bits per heavy atom. The number of halogens is 1. The van der Waals surface area contributed by atoms with Gasteiger partial charge < -0.3 is 0 Å². The van der Waals surface area contributed by atoms with Crippen LogP contribution in [0, 0.1) is 40.4 Å². The minimum atomic E-state index is 0.344. The summed E-state index contributed by atoms with van der Waals surface area (Å²) in [6.07, 6.45) is 0. The van der Waals surface area contributed by atoms with E-state index in [1.807, 2.05) is 0 Å². The summed E-state index contributed by atoms with van der Waals surface area (Å²) in [5.41, 5.74) is 1.70. The van der Waals surface area contributed by atoms with Gasteiger partial charge in [0.05, 0.1) is 0 Å². The third-order valence-electron chi connectivity index (χ3n) is 8.27. The number of hydrogen-bond donors (Lipinski definition) is 0. The number of alkyl halides is 2. The molecule has 0 radical (unpaired) electrons. The van der Waals surface area contributed by atoms with Crippen LogP contribution in [0.15, 0.2) is 4.99 Å². The number of nitrogens with zero attached hydrogens (tertiary/aromatic N) is 1. The van der Waals surface area contributed by atoms with Crippen LogP contribution in [-0.4, -0.2) is 20.1 Å². The van der Waals surface area contributed by atoms with Crippen LogP contribution in [0.2, 0.25) is 0 Å². The van der Waals surface area contributed by atoms with Crippen LogP contribution in [-0.2, 0) is 0 Å². The number of fused-ring (bicyclic) bond motifs is 2. The zero-order chi connectivity index (χ0) is 12.0. The summed E-state index contributed by atoms with van der Waals surface area (Å²) >= 11 is 0.429. The maximum atomic E-state index is 4.79. The van der Waals surface area contributed by atoms with Crippen LogP contribution in [0.4, 0.5) is 0 Å². The molecule has 94 valence electrons. The third-order valence-corrected chi connectivity index (χ3v) is 13.8. The summed E-state index contributed by atoms with van der Waals surface area (Å²) in [5.74, 6) is 4.69. The molecule has 1 aliphatic heterocycles. The van der Waals surface area contributed by atoms with E-state index in [0.717, 1.165) is 37.4 Å². The van der Waals surface area contributed by atoms with E-state index in [-0.39, 0.29) is 0 Å². The maximum absolute atomic E-state index is 4.79. The van der Waals surface area contributed by atoms with E-state index in [1.54, 1.807) is 0 Å². The monoisotopic (exact) mass is 342 g/mol. The van der Waals surface area contributed by atoms with Gasteiger partial charge in [-0.1, -0.05) is 0 Å². The van der Waals surface area contributed by atoms with Crippen LogP contribution < -0.4 is 21.2 Å². The van der Waals surface area contributed by atoms with Crippen LogP contribution in [0.25, 0.3) is 0 Å². The van der Waals surface area contributed by atoms with Crippen molar-refractivity contribution in [2.45, 2.75) is 41.1 Å². The molecule has 5 aliphatic rings. The molecule has 10 unspecified atom stereocenters. The first-order valence-electron chi connectivity index (χ1n) is 7.06. The van der Waals surface area contributed by atoms with E-state index < -0.39 is 0 Å². The summed E-state index contributed by atoms with van der Waals surface area (Å²) in [5, 5.41) is 0. The quantitative estimate of drug-likeness (QED) is 0.345. The standard InChI is InChI=1S/C15H21IN/c1-6-9-8-10-14(4)7(2)13(8,3)12(16-9)11(14)15(6,10)17-5/h6-12H,5H2,1-4H3/q-1. The van der Waals surface area contributed by atoms with Crippen molar-refractivity contribution >= 4 is 6.72 Å². The van der Waals surface area contributed by atoms with E-state index in [2.05, 4.69) is 34.4 Å². The normalized spacial score (nSPS) is 81.5. The molecule has 1 nitrogen and oxygen atoms in total. The second-order valence-electron chi connectivity index (χ2n) is 7.74. The van der Waals surface area contributed by atoms with E-state index in [0.29, 0.717) is 37.6 Å². The number of rotatable bonds is 1. The summed E-state index contributed by atoms with van der Waals surface area (Å²) in [4.78, 5) is 4.79. The zero-order valence-corrected chi connectivity index (χ0v) is 13.2. The van der Waals surface area contributed by atoms with Gasteiger partial charge in [0, 0.05) is 0 Å². The van der Waals surface area contributed by atoms with Crippen molar-refractivity contribution in [1.82, 2.24) is 0 Å². The number of hydrogen-bond acceptors (Lipinski definition) is 1. The molecule has 1 heterocycles. The first-order chi connectivity index (χ1) is 7.96. The van der Waals surface area contributed by atoms with Gasteiger partial charge in [-0.3, -0.25) is 0 Å². The summed E-state index contributed by atoms with van der Waals surface area (Å²) in [7, 11) is 0. The fourth-order valence-corrected chi connectivity index (χ4v) is 14.9. The second kappa shape index (κ2) is 2.27. The molecule has 0 aromatic heterocycles. The Bertz CT molecular complexity index is 466. The average molecular weight is 342 g/mol. The Hall–Kier alpha value is 0.400. The SMILES string of the molecule is C=NC12C(C)C3[I-]C4C1C1(C)C(C)C4(C)C3C12. The van der Waals surface area contributed by atoms with Gasteiger partial charge in [-0.25, -0.2) is 0 Å². The van der Waals surface area contributed by atoms with Crippen molar-refractivity contribution < 1.29 is 21.2 Å². The average Bonchev–Trinajstić information content (AvgIpc) is 2.71. The van der Waals surface area contributed by atoms with Gasteiger partial charge in [0.25, 0.3) is 0 Å². The van der Waals surface area contributed by atoms with Crippen molar-refractivity contribution in [3.63, 3.8) is 0 Å². The van der Waals surface area contributed by atoms with Crippen LogP contribution in [0.3, 0.4) is 0 Å². The molecule has 0 amide bonds. The molecule has 4 saturated carbocycles. The molecule has 4 aliphatic carbocycles. The Morgan fingerprint density at radius 2 is 1.82 bits per heavy atom. The molecule has 5 rings (SSSR count). The fraction of sp³-hybridized carbons (Fsp3) is 0.933. The van der Waals surface area contributed by atoms with Crippen molar-refractivity contribution in [2.24, 2.45) is 45.4 Å². The molecule has 0 N–H and O–H groups in total. The van der Waals surface area contributed by atoms with E-state index in [4.69, 9.17) is 4.99 Å². The van der Waals surface area contributed by atoms with Gasteiger partial charge in [-0.15, -0.1) is 0 Å². The zero-order valence-electron chi connectivity index (χ0n) is 11.1. The molecule has 5 fully saturated rings.